The van der Waals surface area contributed by atoms with Crippen molar-refractivity contribution in [2.75, 3.05) is 5.32 Å². The van der Waals surface area contributed by atoms with E-state index < -0.39 is 0 Å². The number of nitrogens with zero attached hydrogens (tertiary/aromatic N) is 2. The molecule has 1 N–H and O–H groups in total. The molecule has 0 saturated heterocycles. The number of anilines is 2. The summed E-state index contributed by atoms with van der Waals surface area (Å²) in [6.45, 7) is 3.66. The van der Waals surface area contributed by atoms with Crippen molar-refractivity contribution in [3.63, 3.8) is 0 Å². The first kappa shape index (κ1) is 12.1. The van der Waals surface area contributed by atoms with Gasteiger partial charge < -0.3 is 5.32 Å². The summed E-state index contributed by atoms with van der Waals surface area (Å²) in [7, 11) is 0. The molecule has 0 aliphatic carbocycles. The molecule has 0 bridgehead atoms. The number of hydrogen-bond acceptors (Lipinski definition) is 3. The van der Waals surface area contributed by atoms with Crippen molar-refractivity contribution < 1.29 is 0 Å². The van der Waals surface area contributed by atoms with E-state index in [1.807, 2.05) is 31.2 Å². The van der Waals surface area contributed by atoms with Crippen molar-refractivity contribution in [1.82, 2.24) is 9.97 Å². The van der Waals surface area contributed by atoms with Gasteiger partial charge in [-0.05, 0) is 26.0 Å². The Hall–Kier alpha value is -1.32. The number of aromatic nitrogens is 2. The molecule has 88 valence electrons. The van der Waals surface area contributed by atoms with E-state index >= 15 is 0 Å². The number of hydrogen-bond donors (Lipinski definition) is 1. The third-order valence-corrected chi connectivity index (χ3v) is 3.02. The smallest absolute Gasteiger partial charge is 0.138 e. The maximum Gasteiger partial charge on any atom is 0.138 e. The van der Waals surface area contributed by atoms with Gasteiger partial charge in [0.2, 0.25) is 0 Å². The molecule has 5 heteroatoms. The minimum atomic E-state index is 0.451. The van der Waals surface area contributed by atoms with E-state index in [4.69, 9.17) is 23.2 Å². The fourth-order valence-corrected chi connectivity index (χ4v) is 1.80. The van der Waals surface area contributed by atoms with Crippen LogP contribution in [0.2, 0.25) is 10.2 Å². The van der Waals surface area contributed by atoms with Gasteiger partial charge >= 0.3 is 0 Å². The Morgan fingerprint density at radius 2 is 1.76 bits per heavy atom. The van der Waals surface area contributed by atoms with Gasteiger partial charge in [-0.1, -0.05) is 35.3 Å². The van der Waals surface area contributed by atoms with Gasteiger partial charge in [-0.2, -0.15) is 0 Å². The van der Waals surface area contributed by atoms with E-state index in [1.165, 1.54) is 0 Å². The van der Waals surface area contributed by atoms with Crippen LogP contribution >= 0.6 is 23.2 Å². The van der Waals surface area contributed by atoms with Crippen LogP contribution in [0, 0.1) is 13.8 Å². The molecule has 1 heterocycles. The monoisotopic (exact) mass is 267 g/mol. The fraction of sp³-hybridized carbons (Fsp3) is 0.167. The summed E-state index contributed by atoms with van der Waals surface area (Å²) in [5, 5.41) is 4.24. The minimum Gasteiger partial charge on any atom is -0.339 e. The largest absolute Gasteiger partial charge is 0.339 e. The van der Waals surface area contributed by atoms with E-state index in [0.29, 0.717) is 21.8 Å². The number of rotatable bonds is 2. The predicted molar refractivity (Wildman–Crippen MR) is 71.3 cm³/mol. The maximum absolute atomic E-state index is 6.07. The highest BCUT2D eigenvalue weighted by molar-refractivity contribution is 6.33. The molecule has 0 atom stereocenters. The molecule has 0 saturated carbocycles. The van der Waals surface area contributed by atoms with Gasteiger partial charge in [0.05, 0.1) is 10.7 Å². The number of benzene rings is 1. The summed E-state index contributed by atoms with van der Waals surface area (Å²) in [5.74, 6) is 1.30. The third kappa shape index (κ3) is 2.68. The van der Waals surface area contributed by atoms with Gasteiger partial charge in [0.15, 0.2) is 0 Å². The number of halogens is 2. The second-order valence-corrected chi connectivity index (χ2v) is 4.41. The average molecular weight is 268 g/mol. The van der Waals surface area contributed by atoms with Gasteiger partial charge in [0, 0.05) is 5.56 Å². The zero-order valence-electron chi connectivity index (χ0n) is 9.46. The highest BCUT2D eigenvalue weighted by atomic mass is 35.5. The first-order chi connectivity index (χ1) is 8.08. The topological polar surface area (TPSA) is 37.8 Å². The molecule has 17 heavy (non-hydrogen) atoms. The van der Waals surface area contributed by atoms with Crippen LogP contribution in [0.15, 0.2) is 24.3 Å². The number of aryl methyl sites for hydroxylation is 1. The molecule has 2 aromatic rings. The van der Waals surface area contributed by atoms with E-state index in [-0.39, 0.29) is 0 Å². The highest BCUT2D eigenvalue weighted by Crippen LogP contribution is 2.27. The highest BCUT2D eigenvalue weighted by Gasteiger charge is 2.08. The van der Waals surface area contributed by atoms with Gasteiger partial charge in [0.25, 0.3) is 0 Å². The Kier molecular flexibility index (Phi) is 3.50. The van der Waals surface area contributed by atoms with Crippen molar-refractivity contribution in [3.8, 4) is 0 Å². The molecule has 0 aliphatic heterocycles. The van der Waals surface area contributed by atoms with Crippen LogP contribution in [-0.2, 0) is 0 Å². The maximum atomic E-state index is 6.07. The molecule has 2 rings (SSSR count). The second kappa shape index (κ2) is 4.90. The normalized spacial score (nSPS) is 10.4. The molecule has 1 aromatic carbocycles. The Balaban J connectivity index is 2.40. The Bertz CT molecular complexity index is 555. The lowest BCUT2D eigenvalue weighted by Crippen LogP contribution is -2.01. The molecule has 0 spiro atoms. The van der Waals surface area contributed by atoms with Crippen molar-refractivity contribution in [2.24, 2.45) is 0 Å². The Morgan fingerprint density at radius 1 is 1.06 bits per heavy atom. The summed E-state index contributed by atoms with van der Waals surface area (Å²) >= 11 is 12.1. The van der Waals surface area contributed by atoms with Crippen LogP contribution in [0.3, 0.4) is 0 Å². The van der Waals surface area contributed by atoms with E-state index in [9.17, 15) is 0 Å². The summed E-state index contributed by atoms with van der Waals surface area (Å²) in [4.78, 5) is 8.38. The van der Waals surface area contributed by atoms with Crippen LogP contribution in [0.1, 0.15) is 11.4 Å². The van der Waals surface area contributed by atoms with E-state index in [0.717, 1.165) is 11.3 Å². The molecular weight excluding hydrogens is 257 g/mol. The molecular formula is C12H11Cl2N3. The van der Waals surface area contributed by atoms with Crippen molar-refractivity contribution in [1.29, 1.82) is 0 Å². The second-order valence-electron chi connectivity index (χ2n) is 3.64. The standard InChI is InChI=1S/C12H11Cl2N3/c1-7-11(14)15-8(2)16-12(7)17-10-6-4-3-5-9(10)13/h3-6H,1-2H3,(H,15,16,17). The van der Waals surface area contributed by atoms with Crippen LogP contribution < -0.4 is 5.32 Å². The van der Waals surface area contributed by atoms with Gasteiger partial charge in [-0.15, -0.1) is 0 Å². The molecule has 0 amide bonds. The molecule has 0 radical (unpaired) electrons. The summed E-state index contributed by atoms with van der Waals surface area (Å²) in [5.41, 5.74) is 1.60. The van der Waals surface area contributed by atoms with Crippen LogP contribution in [0.4, 0.5) is 11.5 Å². The lowest BCUT2D eigenvalue weighted by Gasteiger charge is -2.11. The lowest BCUT2D eigenvalue weighted by molar-refractivity contribution is 1.04. The van der Waals surface area contributed by atoms with Crippen LogP contribution in [-0.4, -0.2) is 9.97 Å². The first-order valence-electron chi connectivity index (χ1n) is 5.10. The van der Waals surface area contributed by atoms with Crippen molar-refractivity contribution in [2.45, 2.75) is 13.8 Å². The first-order valence-corrected chi connectivity index (χ1v) is 5.86. The zero-order valence-corrected chi connectivity index (χ0v) is 11.0. The average Bonchev–Trinajstić information content (AvgIpc) is 2.28. The fourth-order valence-electron chi connectivity index (χ4n) is 1.41. The molecule has 0 unspecified atom stereocenters. The summed E-state index contributed by atoms with van der Waals surface area (Å²) < 4.78 is 0. The minimum absolute atomic E-state index is 0.451. The summed E-state index contributed by atoms with van der Waals surface area (Å²) in [6, 6.07) is 7.47. The van der Waals surface area contributed by atoms with Gasteiger partial charge in [-0.3, -0.25) is 0 Å². The molecule has 3 nitrogen and oxygen atoms in total. The van der Waals surface area contributed by atoms with Crippen LogP contribution in [0.5, 0.6) is 0 Å². The number of para-hydroxylation sites is 1. The quantitative estimate of drug-likeness (QED) is 0.831. The Labute approximate surface area is 110 Å². The molecule has 0 aliphatic rings. The van der Waals surface area contributed by atoms with Gasteiger partial charge in [-0.25, -0.2) is 9.97 Å². The SMILES string of the molecule is Cc1nc(Cl)c(C)c(Nc2ccccc2Cl)n1. The molecule has 0 fully saturated rings. The predicted octanol–water partition coefficient (Wildman–Crippen LogP) is 4.14. The number of nitrogens with one attached hydrogen (secondary N) is 1. The summed E-state index contributed by atoms with van der Waals surface area (Å²) in [6.07, 6.45) is 0. The molecule has 1 aromatic heterocycles. The van der Waals surface area contributed by atoms with Crippen molar-refractivity contribution >= 4 is 34.7 Å². The lowest BCUT2D eigenvalue weighted by atomic mass is 10.3. The zero-order chi connectivity index (χ0) is 12.4. The van der Waals surface area contributed by atoms with Crippen LogP contribution in [0.25, 0.3) is 0 Å². The van der Waals surface area contributed by atoms with Crippen molar-refractivity contribution in [3.05, 3.63) is 45.8 Å². The van der Waals surface area contributed by atoms with E-state index in [2.05, 4.69) is 15.3 Å². The van der Waals surface area contributed by atoms with E-state index in [1.54, 1.807) is 6.92 Å². The Morgan fingerprint density at radius 3 is 2.47 bits per heavy atom. The van der Waals surface area contributed by atoms with Gasteiger partial charge in [0.1, 0.15) is 16.8 Å². The third-order valence-electron chi connectivity index (χ3n) is 2.33.